The number of hydrogen-bond acceptors (Lipinski definition) is 5. The SMILES string of the molecule is Nc1ncnc(OCCCc2ccncc2)c1Br. The molecule has 2 aromatic rings. The van der Waals surface area contributed by atoms with Gasteiger partial charge in [0.2, 0.25) is 5.88 Å². The number of halogens is 1. The van der Waals surface area contributed by atoms with Gasteiger partial charge in [-0.25, -0.2) is 9.97 Å². The third-order valence-corrected chi connectivity index (χ3v) is 3.13. The summed E-state index contributed by atoms with van der Waals surface area (Å²) in [6.45, 7) is 0.581. The standard InChI is InChI=1S/C12H13BrN4O/c13-10-11(14)16-8-17-12(10)18-7-1-2-9-3-5-15-6-4-9/h3-6,8H,1-2,7H2,(H2,14,16,17). The Morgan fingerprint density at radius 1 is 1.22 bits per heavy atom. The van der Waals surface area contributed by atoms with E-state index in [4.69, 9.17) is 10.5 Å². The number of hydrogen-bond donors (Lipinski definition) is 1. The summed E-state index contributed by atoms with van der Waals surface area (Å²) in [5.74, 6) is 0.867. The number of rotatable bonds is 5. The Kier molecular flexibility index (Phi) is 4.46. The highest BCUT2D eigenvalue weighted by molar-refractivity contribution is 9.10. The fraction of sp³-hybridized carbons (Fsp3) is 0.250. The number of nitrogen functional groups attached to an aromatic ring is 1. The number of anilines is 1. The summed E-state index contributed by atoms with van der Waals surface area (Å²) in [5, 5.41) is 0. The third-order valence-electron chi connectivity index (χ3n) is 2.38. The van der Waals surface area contributed by atoms with E-state index in [0.717, 1.165) is 12.8 Å². The largest absolute Gasteiger partial charge is 0.477 e. The van der Waals surface area contributed by atoms with Crippen LogP contribution in [0.15, 0.2) is 35.3 Å². The zero-order chi connectivity index (χ0) is 12.8. The zero-order valence-corrected chi connectivity index (χ0v) is 11.3. The van der Waals surface area contributed by atoms with E-state index in [-0.39, 0.29) is 0 Å². The lowest BCUT2D eigenvalue weighted by atomic mass is 10.1. The van der Waals surface area contributed by atoms with Gasteiger partial charge in [-0.3, -0.25) is 4.98 Å². The van der Waals surface area contributed by atoms with Crippen LogP contribution < -0.4 is 10.5 Å². The minimum absolute atomic E-state index is 0.383. The first-order valence-electron chi connectivity index (χ1n) is 5.55. The summed E-state index contributed by atoms with van der Waals surface area (Å²) in [6.07, 6.45) is 6.81. The molecule has 0 amide bonds. The van der Waals surface area contributed by atoms with E-state index in [2.05, 4.69) is 30.9 Å². The zero-order valence-electron chi connectivity index (χ0n) is 9.71. The number of nitrogens with zero attached hydrogens (tertiary/aromatic N) is 3. The Bertz CT molecular complexity index is 507. The van der Waals surface area contributed by atoms with E-state index < -0.39 is 0 Å². The van der Waals surface area contributed by atoms with Crippen LogP contribution in [0.5, 0.6) is 5.88 Å². The summed E-state index contributed by atoms with van der Waals surface area (Å²) in [5.41, 5.74) is 6.88. The number of aromatic nitrogens is 3. The molecule has 5 nitrogen and oxygen atoms in total. The van der Waals surface area contributed by atoms with Crippen LogP contribution in [0.3, 0.4) is 0 Å². The molecule has 0 saturated heterocycles. The van der Waals surface area contributed by atoms with E-state index in [1.807, 2.05) is 12.1 Å². The molecule has 2 rings (SSSR count). The van der Waals surface area contributed by atoms with Crippen LogP contribution in [-0.4, -0.2) is 21.6 Å². The average molecular weight is 309 g/mol. The first-order chi connectivity index (χ1) is 8.77. The van der Waals surface area contributed by atoms with Crippen LogP contribution in [0.25, 0.3) is 0 Å². The molecule has 0 spiro atoms. The van der Waals surface area contributed by atoms with Gasteiger partial charge in [0.05, 0.1) is 6.61 Å². The lowest BCUT2D eigenvalue weighted by Crippen LogP contribution is -2.03. The molecular formula is C12H13BrN4O. The highest BCUT2D eigenvalue weighted by atomic mass is 79.9. The molecule has 0 saturated carbocycles. The first-order valence-corrected chi connectivity index (χ1v) is 6.34. The Morgan fingerprint density at radius 2 is 2.00 bits per heavy atom. The number of nitrogens with two attached hydrogens (primary N) is 1. The Labute approximate surface area is 114 Å². The van der Waals surface area contributed by atoms with Crippen molar-refractivity contribution in [2.75, 3.05) is 12.3 Å². The summed E-state index contributed by atoms with van der Waals surface area (Å²) < 4.78 is 6.15. The molecule has 0 fully saturated rings. The van der Waals surface area contributed by atoms with Crippen LogP contribution in [0.2, 0.25) is 0 Å². The van der Waals surface area contributed by atoms with Gasteiger partial charge >= 0.3 is 0 Å². The van der Waals surface area contributed by atoms with Gasteiger partial charge in [-0.05, 0) is 46.5 Å². The fourth-order valence-electron chi connectivity index (χ4n) is 1.46. The van der Waals surface area contributed by atoms with Crippen molar-refractivity contribution in [1.29, 1.82) is 0 Å². The second kappa shape index (κ2) is 6.30. The van der Waals surface area contributed by atoms with Crippen LogP contribution in [0.4, 0.5) is 5.82 Å². The maximum atomic E-state index is 5.63. The first kappa shape index (κ1) is 12.8. The highest BCUT2D eigenvalue weighted by Gasteiger charge is 2.06. The third kappa shape index (κ3) is 3.40. The fourth-order valence-corrected chi connectivity index (χ4v) is 1.78. The van der Waals surface area contributed by atoms with Crippen molar-refractivity contribution >= 4 is 21.7 Å². The number of ether oxygens (including phenoxy) is 1. The quantitative estimate of drug-likeness (QED) is 0.857. The van der Waals surface area contributed by atoms with Gasteiger partial charge in [0.1, 0.15) is 16.6 Å². The van der Waals surface area contributed by atoms with Gasteiger partial charge < -0.3 is 10.5 Å². The highest BCUT2D eigenvalue weighted by Crippen LogP contribution is 2.26. The van der Waals surface area contributed by atoms with Gasteiger partial charge in [-0.2, -0.15) is 0 Å². The van der Waals surface area contributed by atoms with Gasteiger partial charge in [0.15, 0.2) is 0 Å². The lowest BCUT2D eigenvalue weighted by molar-refractivity contribution is 0.297. The lowest BCUT2D eigenvalue weighted by Gasteiger charge is -2.07. The van der Waals surface area contributed by atoms with Crippen molar-refractivity contribution < 1.29 is 4.74 Å². The minimum Gasteiger partial charge on any atom is -0.477 e. The molecule has 18 heavy (non-hydrogen) atoms. The maximum absolute atomic E-state index is 5.63. The number of pyridine rings is 1. The van der Waals surface area contributed by atoms with Crippen molar-refractivity contribution in [3.63, 3.8) is 0 Å². The topological polar surface area (TPSA) is 73.9 Å². The molecule has 2 heterocycles. The summed E-state index contributed by atoms with van der Waals surface area (Å²) in [4.78, 5) is 11.8. The maximum Gasteiger partial charge on any atom is 0.233 e. The van der Waals surface area contributed by atoms with E-state index in [1.165, 1.54) is 11.9 Å². The molecule has 94 valence electrons. The van der Waals surface area contributed by atoms with Crippen LogP contribution in [0, 0.1) is 0 Å². The molecular weight excluding hydrogens is 296 g/mol. The smallest absolute Gasteiger partial charge is 0.233 e. The predicted molar refractivity (Wildman–Crippen MR) is 72.2 cm³/mol. The van der Waals surface area contributed by atoms with Gasteiger partial charge in [0, 0.05) is 12.4 Å². The second-order valence-corrected chi connectivity index (χ2v) is 4.48. The second-order valence-electron chi connectivity index (χ2n) is 3.69. The minimum atomic E-state index is 0.383. The molecule has 0 atom stereocenters. The van der Waals surface area contributed by atoms with Crippen molar-refractivity contribution in [2.24, 2.45) is 0 Å². The summed E-state index contributed by atoms with van der Waals surface area (Å²) in [7, 11) is 0. The normalized spacial score (nSPS) is 10.3. The molecule has 0 bridgehead atoms. The molecule has 0 aliphatic heterocycles. The molecule has 0 aliphatic rings. The number of aryl methyl sites for hydroxylation is 1. The summed E-state index contributed by atoms with van der Waals surface area (Å²) in [6, 6.07) is 4.00. The van der Waals surface area contributed by atoms with E-state index in [0.29, 0.717) is 22.8 Å². The molecule has 2 aromatic heterocycles. The Balaban J connectivity index is 1.81. The van der Waals surface area contributed by atoms with Crippen LogP contribution >= 0.6 is 15.9 Å². The van der Waals surface area contributed by atoms with E-state index in [9.17, 15) is 0 Å². The Hall–Kier alpha value is -1.69. The van der Waals surface area contributed by atoms with Crippen molar-refractivity contribution in [3.05, 3.63) is 40.9 Å². The van der Waals surface area contributed by atoms with Crippen molar-refractivity contribution in [3.8, 4) is 5.88 Å². The molecule has 2 N–H and O–H groups in total. The molecule has 0 aliphatic carbocycles. The molecule has 0 radical (unpaired) electrons. The van der Waals surface area contributed by atoms with Gasteiger partial charge in [-0.1, -0.05) is 0 Å². The van der Waals surface area contributed by atoms with Crippen LogP contribution in [-0.2, 0) is 6.42 Å². The summed E-state index contributed by atoms with van der Waals surface area (Å²) >= 11 is 3.29. The average Bonchev–Trinajstić information content (AvgIpc) is 2.40. The van der Waals surface area contributed by atoms with E-state index in [1.54, 1.807) is 12.4 Å². The van der Waals surface area contributed by atoms with Gasteiger partial charge in [-0.15, -0.1) is 0 Å². The Morgan fingerprint density at radius 3 is 2.78 bits per heavy atom. The van der Waals surface area contributed by atoms with Crippen LogP contribution in [0.1, 0.15) is 12.0 Å². The van der Waals surface area contributed by atoms with E-state index >= 15 is 0 Å². The predicted octanol–water partition coefficient (Wildman–Crippen LogP) is 2.23. The molecule has 0 unspecified atom stereocenters. The monoisotopic (exact) mass is 308 g/mol. The van der Waals surface area contributed by atoms with Gasteiger partial charge in [0.25, 0.3) is 0 Å². The van der Waals surface area contributed by atoms with Crippen molar-refractivity contribution in [2.45, 2.75) is 12.8 Å². The molecule has 0 aromatic carbocycles. The van der Waals surface area contributed by atoms with Crippen molar-refractivity contribution in [1.82, 2.24) is 15.0 Å². The molecule has 6 heteroatoms.